The van der Waals surface area contributed by atoms with E-state index >= 15 is 0 Å². The highest BCUT2D eigenvalue weighted by atomic mass is 28.4. The summed E-state index contributed by atoms with van der Waals surface area (Å²) in [5.74, 6) is -0.792. The number of rotatable bonds is 5. The molecule has 0 aliphatic carbocycles. The molecule has 5 nitrogen and oxygen atoms in total. The van der Waals surface area contributed by atoms with Crippen molar-refractivity contribution in [2.24, 2.45) is 0 Å². The Labute approximate surface area is 192 Å². The molecule has 4 atom stereocenters. The second kappa shape index (κ2) is 7.76. The minimum Gasteiger partial charge on any atom is -0.404 e. The molecule has 6 heteroatoms. The maximum atomic E-state index is 11.6. The van der Waals surface area contributed by atoms with E-state index in [9.17, 15) is 5.11 Å². The van der Waals surface area contributed by atoms with Gasteiger partial charge in [0.2, 0.25) is 0 Å². The first-order valence-electron chi connectivity index (χ1n) is 11.3. The van der Waals surface area contributed by atoms with Gasteiger partial charge in [-0.3, -0.25) is 0 Å². The van der Waals surface area contributed by atoms with Crippen molar-refractivity contribution in [2.45, 2.75) is 82.9 Å². The van der Waals surface area contributed by atoms with Crippen molar-refractivity contribution >= 4 is 18.7 Å². The van der Waals surface area contributed by atoms with Crippen molar-refractivity contribution in [1.29, 1.82) is 0 Å². The van der Waals surface area contributed by atoms with E-state index in [2.05, 4.69) is 69.3 Å². The zero-order valence-electron chi connectivity index (χ0n) is 20.2. The van der Waals surface area contributed by atoms with Crippen LogP contribution in [0.1, 0.15) is 48.5 Å². The molecule has 32 heavy (non-hydrogen) atoms. The largest absolute Gasteiger partial charge is 0.404 e. The van der Waals surface area contributed by atoms with E-state index in [1.165, 1.54) is 10.4 Å². The topological polar surface area (TPSA) is 57.2 Å². The van der Waals surface area contributed by atoms with Gasteiger partial charge in [-0.1, -0.05) is 81.4 Å². The van der Waals surface area contributed by atoms with E-state index in [0.717, 1.165) is 0 Å². The van der Waals surface area contributed by atoms with E-state index in [1.807, 2.05) is 32.9 Å². The van der Waals surface area contributed by atoms with Gasteiger partial charge in [0, 0.05) is 0 Å². The van der Waals surface area contributed by atoms with Crippen LogP contribution in [0.25, 0.3) is 0 Å². The molecule has 174 valence electrons. The highest BCUT2D eigenvalue weighted by molar-refractivity contribution is 6.99. The van der Waals surface area contributed by atoms with Gasteiger partial charge in [0.1, 0.15) is 17.3 Å². The Kier molecular flexibility index (Phi) is 5.72. The molecule has 2 aliphatic heterocycles. The Morgan fingerprint density at radius 2 is 1.34 bits per heavy atom. The van der Waals surface area contributed by atoms with Crippen LogP contribution in [0.3, 0.4) is 0 Å². The van der Waals surface area contributed by atoms with Gasteiger partial charge < -0.3 is 23.7 Å². The molecular formula is C26H36O5Si. The number of hydrogen-bond acceptors (Lipinski definition) is 5. The summed E-state index contributed by atoms with van der Waals surface area (Å²) in [6, 6.07) is 20.9. The Bertz CT molecular complexity index is 898. The van der Waals surface area contributed by atoms with Crippen LogP contribution in [-0.4, -0.2) is 49.4 Å². The normalized spacial score (nSPS) is 32.1. The van der Waals surface area contributed by atoms with Crippen LogP contribution in [0.5, 0.6) is 0 Å². The summed E-state index contributed by atoms with van der Waals surface area (Å²) >= 11 is 0. The van der Waals surface area contributed by atoms with Crippen molar-refractivity contribution in [1.82, 2.24) is 0 Å². The summed E-state index contributed by atoms with van der Waals surface area (Å²) in [4.78, 5) is 0. The SMILES string of the molecule is CC1(C)O[C@H]2O[C@](C)(CO[Si](c3ccccc3)(c3ccccc3)C(C)(C)C)[C@@](C)(O)[C@H]2O1. The third-order valence-electron chi connectivity index (χ3n) is 7.04. The highest BCUT2D eigenvalue weighted by Crippen LogP contribution is 2.49. The number of ether oxygens (including phenoxy) is 3. The zero-order valence-corrected chi connectivity index (χ0v) is 21.2. The summed E-state index contributed by atoms with van der Waals surface area (Å²) in [6.45, 7) is 14.2. The first-order chi connectivity index (χ1) is 14.8. The molecule has 0 aromatic heterocycles. The predicted molar refractivity (Wildman–Crippen MR) is 128 cm³/mol. The standard InChI is InChI=1S/C26H36O5Si/c1-23(2,3)32(19-14-10-8-11-15-19,20-16-12-9-13-17-20)28-18-25(6)26(7,27)21-22(31-25)30-24(4,5)29-21/h8-17,21-22,27H,18H2,1-7H3/t21-,22-,25+,26-/m0/s1. The van der Waals surface area contributed by atoms with Gasteiger partial charge in [-0.2, -0.15) is 0 Å². The first kappa shape index (κ1) is 23.6. The monoisotopic (exact) mass is 456 g/mol. The Balaban J connectivity index is 1.74. The number of fused-ring (bicyclic) bond motifs is 1. The minimum atomic E-state index is -2.76. The smallest absolute Gasteiger partial charge is 0.261 e. The fourth-order valence-corrected chi connectivity index (χ4v) is 9.71. The summed E-state index contributed by atoms with van der Waals surface area (Å²) in [6.07, 6.45) is -1.21. The molecule has 2 aliphatic rings. The van der Waals surface area contributed by atoms with Crippen molar-refractivity contribution in [3.63, 3.8) is 0 Å². The predicted octanol–water partition coefficient (Wildman–Crippen LogP) is 3.58. The average Bonchev–Trinajstić information content (AvgIpc) is 3.11. The lowest BCUT2D eigenvalue weighted by Gasteiger charge is -2.46. The maximum Gasteiger partial charge on any atom is 0.261 e. The van der Waals surface area contributed by atoms with Gasteiger partial charge in [0.05, 0.1) is 6.61 Å². The number of hydrogen-bond donors (Lipinski definition) is 1. The van der Waals surface area contributed by atoms with Crippen molar-refractivity contribution < 1.29 is 23.7 Å². The molecule has 2 aromatic rings. The second-order valence-electron chi connectivity index (χ2n) is 10.9. The van der Waals surface area contributed by atoms with Gasteiger partial charge in [-0.25, -0.2) is 0 Å². The quantitative estimate of drug-likeness (QED) is 0.697. The summed E-state index contributed by atoms with van der Waals surface area (Å²) < 4.78 is 25.3. The van der Waals surface area contributed by atoms with Gasteiger partial charge in [0.15, 0.2) is 12.1 Å². The number of aliphatic hydroxyl groups is 1. The van der Waals surface area contributed by atoms with Gasteiger partial charge in [-0.05, 0) is 43.1 Å². The molecule has 2 aromatic carbocycles. The lowest BCUT2D eigenvalue weighted by molar-refractivity contribution is -0.257. The van der Waals surface area contributed by atoms with Crippen molar-refractivity contribution in [3.05, 3.63) is 60.7 Å². The molecule has 0 amide bonds. The average molecular weight is 457 g/mol. The molecule has 2 heterocycles. The van der Waals surface area contributed by atoms with E-state index in [-0.39, 0.29) is 11.6 Å². The third-order valence-corrected chi connectivity index (χ3v) is 12.0. The number of benzene rings is 2. The highest BCUT2D eigenvalue weighted by Gasteiger charge is 2.67. The second-order valence-corrected chi connectivity index (χ2v) is 15.2. The van der Waals surface area contributed by atoms with Gasteiger partial charge in [-0.15, -0.1) is 0 Å². The zero-order chi connectivity index (χ0) is 23.4. The van der Waals surface area contributed by atoms with Crippen LogP contribution in [0.2, 0.25) is 5.04 Å². The van der Waals surface area contributed by atoms with Crippen molar-refractivity contribution in [3.8, 4) is 0 Å². The first-order valence-corrected chi connectivity index (χ1v) is 13.2. The van der Waals surface area contributed by atoms with Crippen LogP contribution >= 0.6 is 0 Å². The molecule has 0 radical (unpaired) electrons. The Hall–Kier alpha value is -1.54. The van der Waals surface area contributed by atoms with E-state index in [4.69, 9.17) is 18.6 Å². The lowest BCUT2D eigenvalue weighted by atomic mass is 9.84. The third kappa shape index (κ3) is 3.67. The Morgan fingerprint density at radius 3 is 1.78 bits per heavy atom. The van der Waals surface area contributed by atoms with Crippen LogP contribution in [0, 0.1) is 0 Å². The fraction of sp³-hybridized carbons (Fsp3) is 0.538. The molecule has 0 saturated carbocycles. The van der Waals surface area contributed by atoms with E-state index < -0.39 is 37.7 Å². The molecule has 1 N–H and O–H groups in total. The maximum absolute atomic E-state index is 11.6. The van der Waals surface area contributed by atoms with Crippen LogP contribution in [-0.2, 0) is 18.6 Å². The summed E-state index contributed by atoms with van der Waals surface area (Å²) in [5, 5.41) is 13.8. The molecule has 4 rings (SSSR count). The molecule has 2 fully saturated rings. The molecule has 0 bridgehead atoms. The van der Waals surface area contributed by atoms with Crippen LogP contribution in [0.4, 0.5) is 0 Å². The van der Waals surface area contributed by atoms with E-state index in [1.54, 1.807) is 6.92 Å². The summed E-state index contributed by atoms with van der Waals surface area (Å²) in [5.41, 5.74) is -2.28. The minimum absolute atomic E-state index is 0.165. The fourth-order valence-electron chi connectivity index (χ4n) is 5.06. The van der Waals surface area contributed by atoms with Crippen LogP contribution in [0.15, 0.2) is 60.7 Å². The van der Waals surface area contributed by atoms with Gasteiger partial charge >= 0.3 is 0 Å². The van der Waals surface area contributed by atoms with Crippen molar-refractivity contribution in [2.75, 3.05) is 6.61 Å². The summed E-state index contributed by atoms with van der Waals surface area (Å²) in [7, 11) is -2.76. The molecular weight excluding hydrogens is 420 g/mol. The Morgan fingerprint density at radius 1 is 0.844 bits per heavy atom. The molecule has 0 unspecified atom stereocenters. The van der Waals surface area contributed by atoms with E-state index in [0.29, 0.717) is 0 Å². The molecule has 2 saturated heterocycles. The molecule has 0 spiro atoms. The van der Waals surface area contributed by atoms with Crippen LogP contribution < -0.4 is 10.4 Å². The van der Waals surface area contributed by atoms with Gasteiger partial charge in [0.25, 0.3) is 8.32 Å². The lowest BCUT2D eigenvalue weighted by Crippen LogP contribution is -2.68.